The van der Waals surface area contributed by atoms with Crippen molar-refractivity contribution in [2.45, 2.75) is 12.8 Å². The van der Waals surface area contributed by atoms with E-state index in [-0.39, 0.29) is 12.2 Å². The van der Waals surface area contributed by atoms with E-state index in [9.17, 15) is 9.59 Å². The topological polar surface area (TPSA) is 63.6 Å². The Morgan fingerprint density at radius 1 is 0.862 bits per heavy atom. The second kappa shape index (κ2) is 10.0. The van der Waals surface area contributed by atoms with Crippen LogP contribution in [0.15, 0.2) is 84.9 Å². The molecule has 0 fully saturated rings. The molecule has 0 unspecified atom stereocenters. The fourth-order valence-electron chi connectivity index (χ4n) is 2.88. The third-order valence-electron chi connectivity index (χ3n) is 4.38. The van der Waals surface area contributed by atoms with Crippen molar-refractivity contribution in [1.29, 1.82) is 0 Å². The molecule has 0 aliphatic heterocycles. The van der Waals surface area contributed by atoms with E-state index in [1.165, 1.54) is 11.6 Å². The highest BCUT2D eigenvalue weighted by Gasteiger charge is 2.05. The van der Waals surface area contributed by atoms with Gasteiger partial charge in [-0.2, -0.15) is 0 Å². The van der Waals surface area contributed by atoms with Crippen molar-refractivity contribution in [2.24, 2.45) is 0 Å². The van der Waals surface area contributed by atoms with Crippen molar-refractivity contribution in [3.63, 3.8) is 0 Å². The summed E-state index contributed by atoms with van der Waals surface area (Å²) in [5, 5.41) is 8.87. The van der Waals surface area contributed by atoms with Gasteiger partial charge in [-0.15, -0.1) is 0 Å². The van der Waals surface area contributed by atoms with Crippen LogP contribution < -0.4 is 4.74 Å². The molecule has 29 heavy (non-hydrogen) atoms. The molecule has 0 radical (unpaired) electrons. The summed E-state index contributed by atoms with van der Waals surface area (Å²) in [6.45, 7) is 0.602. The van der Waals surface area contributed by atoms with Crippen LogP contribution in [0.2, 0.25) is 0 Å². The zero-order valence-electron chi connectivity index (χ0n) is 16.0. The largest absolute Gasteiger partial charge is 0.493 e. The number of carboxylic acids is 1. The Hall–Kier alpha value is -3.66. The molecule has 0 saturated carbocycles. The van der Waals surface area contributed by atoms with E-state index in [2.05, 4.69) is 12.1 Å². The van der Waals surface area contributed by atoms with Gasteiger partial charge in [0.2, 0.25) is 0 Å². The first-order valence-electron chi connectivity index (χ1n) is 9.40. The maximum atomic E-state index is 12.3. The zero-order valence-corrected chi connectivity index (χ0v) is 16.0. The Morgan fingerprint density at radius 2 is 1.59 bits per heavy atom. The molecule has 0 aliphatic rings. The SMILES string of the molecule is O=C(O)Cc1cccc(C(=O)C=Cc2ccc(OCCc3ccccc3)cc2)c1. The number of ketones is 1. The first-order chi connectivity index (χ1) is 14.1. The third-order valence-corrected chi connectivity index (χ3v) is 4.38. The van der Waals surface area contributed by atoms with Crippen LogP contribution in [0.25, 0.3) is 6.08 Å². The first-order valence-corrected chi connectivity index (χ1v) is 9.40. The number of carbonyl (C=O) groups is 2. The molecule has 146 valence electrons. The molecule has 0 bridgehead atoms. The Balaban J connectivity index is 1.54. The molecule has 3 rings (SSSR count). The third kappa shape index (κ3) is 6.47. The van der Waals surface area contributed by atoms with E-state index in [1.54, 1.807) is 30.3 Å². The molecule has 0 aromatic heterocycles. The molecule has 3 aromatic rings. The van der Waals surface area contributed by atoms with Gasteiger partial charge in [0.05, 0.1) is 13.0 Å². The zero-order chi connectivity index (χ0) is 20.5. The molecule has 4 nitrogen and oxygen atoms in total. The van der Waals surface area contributed by atoms with Crippen LogP contribution in [-0.2, 0) is 17.6 Å². The lowest BCUT2D eigenvalue weighted by Gasteiger charge is -2.06. The van der Waals surface area contributed by atoms with Gasteiger partial charge in [0.25, 0.3) is 0 Å². The molecule has 1 N–H and O–H groups in total. The van der Waals surface area contributed by atoms with Crippen molar-refractivity contribution in [3.8, 4) is 5.75 Å². The number of carbonyl (C=O) groups excluding carboxylic acids is 1. The van der Waals surface area contributed by atoms with Gasteiger partial charge in [0.15, 0.2) is 5.78 Å². The van der Waals surface area contributed by atoms with Crippen LogP contribution in [0.4, 0.5) is 0 Å². The molecule has 0 aliphatic carbocycles. The number of rotatable bonds is 9. The lowest BCUT2D eigenvalue weighted by molar-refractivity contribution is -0.136. The highest BCUT2D eigenvalue weighted by molar-refractivity contribution is 6.07. The lowest BCUT2D eigenvalue weighted by Crippen LogP contribution is -2.02. The van der Waals surface area contributed by atoms with Gasteiger partial charge in [-0.3, -0.25) is 9.59 Å². The van der Waals surface area contributed by atoms with E-state index in [4.69, 9.17) is 9.84 Å². The summed E-state index contributed by atoms with van der Waals surface area (Å²) in [4.78, 5) is 23.2. The fourth-order valence-corrected chi connectivity index (χ4v) is 2.88. The van der Waals surface area contributed by atoms with E-state index < -0.39 is 5.97 Å². The number of hydrogen-bond donors (Lipinski definition) is 1. The number of benzene rings is 3. The summed E-state index contributed by atoms with van der Waals surface area (Å²) in [5.74, 6) is -0.303. The van der Waals surface area contributed by atoms with Gasteiger partial charge in [-0.25, -0.2) is 0 Å². The van der Waals surface area contributed by atoms with Crippen molar-refractivity contribution in [3.05, 3.63) is 107 Å². The van der Waals surface area contributed by atoms with E-state index in [0.717, 1.165) is 17.7 Å². The standard InChI is InChI=1S/C25H22O4/c26-24(22-8-4-7-21(17-22)18-25(27)28)14-11-20-9-12-23(13-10-20)29-16-15-19-5-2-1-3-6-19/h1-14,17H,15-16,18H2,(H,27,28). The van der Waals surface area contributed by atoms with Crippen molar-refractivity contribution >= 4 is 17.8 Å². The molecular weight excluding hydrogens is 364 g/mol. The first kappa shape index (κ1) is 20.1. The van der Waals surface area contributed by atoms with Gasteiger partial charge in [0.1, 0.15) is 5.75 Å². The normalized spacial score (nSPS) is 10.8. The lowest BCUT2D eigenvalue weighted by atomic mass is 10.0. The predicted octanol–water partition coefficient (Wildman–Crippen LogP) is 4.83. The summed E-state index contributed by atoms with van der Waals surface area (Å²) in [5.41, 5.74) is 3.20. The fraction of sp³-hybridized carbons (Fsp3) is 0.120. The van der Waals surface area contributed by atoms with E-state index in [0.29, 0.717) is 17.7 Å². The van der Waals surface area contributed by atoms with Gasteiger partial charge in [0, 0.05) is 12.0 Å². The quantitative estimate of drug-likeness (QED) is 0.423. The van der Waals surface area contributed by atoms with Gasteiger partial charge in [-0.05, 0) is 41.0 Å². The van der Waals surface area contributed by atoms with Crippen LogP contribution >= 0.6 is 0 Å². The monoisotopic (exact) mass is 386 g/mol. The minimum Gasteiger partial charge on any atom is -0.493 e. The minimum atomic E-state index is -0.920. The summed E-state index contributed by atoms with van der Waals surface area (Å²) in [6.07, 6.45) is 3.97. The molecule has 0 amide bonds. The van der Waals surface area contributed by atoms with Crippen LogP contribution in [0.5, 0.6) is 5.75 Å². The number of hydrogen-bond acceptors (Lipinski definition) is 3. The van der Waals surface area contributed by atoms with Crippen molar-refractivity contribution < 1.29 is 19.4 Å². The van der Waals surface area contributed by atoms with E-state index >= 15 is 0 Å². The Kier molecular flexibility index (Phi) is 6.95. The molecule has 0 spiro atoms. The second-order valence-electron chi connectivity index (χ2n) is 6.62. The van der Waals surface area contributed by atoms with Gasteiger partial charge in [-0.1, -0.05) is 66.7 Å². The van der Waals surface area contributed by atoms with Crippen molar-refractivity contribution in [2.75, 3.05) is 6.61 Å². The van der Waals surface area contributed by atoms with Crippen LogP contribution in [0.1, 0.15) is 27.0 Å². The average molecular weight is 386 g/mol. The van der Waals surface area contributed by atoms with Crippen LogP contribution in [-0.4, -0.2) is 23.5 Å². The summed E-state index contributed by atoms with van der Waals surface area (Å²) >= 11 is 0. The summed E-state index contributed by atoms with van der Waals surface area (Å²) < 4.78 is 5.77. The Labute approximate surface area is 170 Å². The van der Waals surface area contributed by atoms with Gasteiger partial charge >= 0.3 is 5.97 Å². The minimum absolute atomic E-state index is 0.101. The number of allylic oxidation sites excluding steroid dienone is 1. The average Bonchev–Trinajstić information content (AvgIpc) is 2.73. The molecule has 3 aromatic carbocycles. The molecule has 0 atom stereocenters. The maximum Gasteiger partial charge on any atom is 0.307 e. The second-order valence-corrected chi connectivity index (χ2v) is 6.62. The summed E-state index contributed by atoms with van der Waals surface area (Å²) in [6, 6.07) is 24.4. The van der Waals surface area contributed by atoms with Crippen LogP contribution in [0, 0.1) is 0 Å². The van der Waals surface area contributed by atoms with Crippen LogP contribution in [0.3, 0.4) is 0 Å². The number of ether oxygens (including phenoxy) is 1. The molecular formula is C25H22O4. The Morgan fingerprint density at radius 3 is 2.31 bits per heavy atom. The highest BCUT2D eigenvalue weighted by Crippen LogP contribution is 2.15. The molecule has 0 saturated heterocycles. The number of carboxylic acid groups (broad SMARTS) is 1. The van der Waals surface area contributed by atoms with Gasteiger partial charge < -0.3 is 9.84 Å². The molecule has 4 heteroatoms. The smallest absolute Gasteiger partial charge is 0.307 e. The predicted molar refractivity (Wildman–Crippen MR) is 113 cm³/mol. The molecule has 0 heterocycles. The van der Waals surface area contributed by atoms with E-state index in [1.807, 2.05) is 42.5 Å². The summed E-state index contributed by atoms with van der Waals surface area (Å²) in [7, 11) is 0. The Bertz CT molecular complexity index is 989. The maximum absolute atomic E-state index is 12.3. The van der Waals surface area contributed by atoms with Crippen molar-refractivity contribution in [1.82, 2.24) is 0 Å². The number of aliphatic carboxylic acids is 1. The highest BCUT2D eigenvalue weighted by atomic mass is 16.5.